The van der Waals surface area contributed by atoms with Crippen LogP contribution >= 0.6 is 11.6 Å². The number of anilines is 1. The van der Waals surface area contributed by atoms with Crippen molar-refractivity contribution < 1.29 is 0 Å². The van der Waals surface area contributed by atoms with Crippen molar-refractivity contribution in [2.24, 2.45) is 0 Å². The van der Waals surface area contributed by atoms with Gasteiger partial charge in [-0.3, -0.25) is 4.98 Å². The number of halogens is 1. The molecule has 0 atom stereocenters. The van der Waals surface area contributed by atoms with Crippen LogP contribution in [-0.2, 0) is 13.1 Å². The van der Waals surface area contributed by atoms with Gasteiger partial charge in [0, 0.05) is 31.4 Å². The van der Waals surface area contributed by atoms with Gasteiger partial charge in [-0.1, -0.05) is 30.7 Å². The van der Waals surface area contributed by atoms with E-state index in [1.54, 1.807) is 12.4 Å². The van der Waals surface area contributed by atoms with E-state index >= 15 is 0 Å². The van der Waals surface area contributed by atoms with Gasteiger partial charge in [0.25, 0.3) is 0 Å². The van der Waals surface area contributed by atoms with Crippen LogP contribution in [0.1, 0.15) is 18.2 Å². The summed E-state index contributed by atoms with van der Waals surface area (Å²) in [6.45, 7) is 4.51. The molecule has 0 radical (unpaired) electrons. The Kier molecular flexibility index (Phi) is 5.32. The van der Waals surface area contributed by atoms with Gasteiger partial charge in [-0.05, 0) is 24.2 Å². The zero-order valence-electron chi connectivity index (χ0n) is 11.8. The molecule has 1 N–H and O–H groups in total. The van der Waals surface area contributed by atoms with Crippen LogP contribution < -0.4 is 10.2 Å². The largest absolute Gasteiger partial charge is 0.354 e. The van der Waals surface area contributed by atoms with Crippen molar-refractivity contribution in [2.45, 2.75) is 20.0 Å². The molecule has 0 unspecified atom stereocenters. The number of nitrogens with one attached hydrogen (secondary N) is 1. The Balaban J connectivity index is 2.04. The molecule has 1 aromatic carbocycles. The zero-order valence-corrected chi connectivity index (χ0v) is 12.6. The van der Waals surface area contributed by atoms with E-state index < -0.39 is 0 Å². The summed E-state index contributed by atoms with van der Waals surface area (Å²) in [4.78, 5) is 10.9. The van der Waals surface area contributed by atoms with Crippen LogP contribution in [-0.4, -0.2) is 23.6 Å². The van der Waals surface area contributed by atoms with E-state index in [0.717, 1.165) is 36.2 Å². The Morgan fingerprint density at radius 1 is 1.20 bits per heavy atom. The van der Waals surface area contributed by atoms with Crippen LogP contribution in [0.25, 0.3) is 0 Å². The van der Waals surface area contributed by atoms with Crippen molar-refractivity contribution >= 4 is 17.4 Å². The number of hydrogen-bond donors (Lipinski definition) is 1. The fraction of sp³-hybridized carbons (Fsp3) is 0.333. The molecule has 2 rings (SSSR count). The first-order valence-electron chi connectivity index (χ1n) is 6.66. The summed E-state index contributed by atoms with van der Waals surface area (Å²) in [5, 5.41) is 4.00. The molecule has 20 heavy (non-hydrogen) atoms. The fourth-order valence-corrected chi connectivity index (χ4v) is 1.99. The normalized spacial score (nSPS) is 10.6. The lowest BCUT2D eigenvalue weighted by molar-refractivity contribution is 0.704. The molecule has 0 spiro atoms. The maximum Gasteiger partial charge on any atom is 0.147 e. The fourth-order valence-electron chi connectivity index (χ4n) is 1.86. The van der Waals surface area contributed by atoms with Gasteiger partial charge in [0.15, 0.2) is 0 Å². The molecule has 0 saturated carbocycles. The SMILES string of the molecule is CCNCc1cncc(N(C)Cc2ccc(Cl)cc2)n1. The summed E-state index contributed by atoms with van der Waals surface area (Å²) in [6, 6.07) is 7.85. The van der Waals surface area contributed by atoms with Crippen LogP contribution in [0.5, 0.6) is 0 Å². The van der Waals surface area contributed by atoms with Crippen LogP contribution in [0.15, 0.2) is 36.7 Å². The first kappa shape index (κ1) is 14.8. The second kappa shape index (κ2) is 7.22. The molecule has 0 aliphatic heterocycles. The van der Waals surface area contributed by atoms with Crippen molar-refractivity contribution in [3.63, 3.8) is 0 Å². The lowest BCUT2D eigenvalue weighted by Crippen LogP contribution is -2.20. The highest BCUT2D eigenvalue weighted by atomic mass is 35.5. The molecule has 1 heterocycles. The predicted octanol–water partition coefficient (Wildman–Crippen LogP) is 2.88. The van der Waals surface area contributed by atoms with Crippen molar-refractivity contribution in [2.75, 3.05) is 18.5 Å². The van der Waals surface area contributed by atoms with Crippen LogP contribution in [0, 0.1) is 0 Å². The molecule has 0 fully saturated rings. The number of hydrogen-bond acceptors (Lipinski definition) is 4. The molecule has 1 aromatic heterocycles. The minimum absolute atomic E-state index is 0.742. The Morgan fingerprint density at radius 3 is 2.65 bits per heavy atom. The first-order valence-corrected chi connectivity index (χ1v) is 7.04. The van der Waals surface area contributed by atoms with Gasteiger partial charge in [-0.25, -0.2) is 4.98 Å². The van der Waals surface area contributed by atoms with Crippen LogP contribution in [0.2, 0.25) is 5.02 Å². The third kappa shape index (κ3) is 4.18. The van der Waals surface area contributed by atoms with Gasteiger partial charge < -0.3 is 10.2 Å². The third-order valence-electron chi connectivity index (χ3n) is 2.95. The Bertz CT molecular complexity index is 542. The summed E-state index contributed by atoms with van der Waals surface area (Å²) in [5.41, 5.74) is 2.14. The zero-order chi connectivity index (χ0) is 14.4. The molecule has 0 aliphatic carbocycles. The quantitative estimate of drug-likeness (QED) is 0.888. The maximum atomic E-state index is 5.89. The van der Waals surface area contributed by atoms with E-state index in [9.17, 15) is 0 Å². The average molecular weight is 291 g/mol. The molecule has 0 saturated heterocycles. The average Bonchev–Trinajstić information content (AvgIpc) is 2.48. The molecule has 0 bridgehead atoms. The minimum atomic E-state index is 0.742. The highest BCUT2D eigenvalue weighted by Crippen LogP contribution is 2.14. The van der Waals surface area contributed by atoms with E-state index in [1.165, 1.54) is 5.56 Å². The second-order valence-corrected chi connectivity index (χ2v) is 5.07. The van der Waals surface area contributed by atoms with E-state index in [4.69, 9.17) is 11.6 Å². The van der Waals surface area contributed by atoms with E-state index in [0.29, 0.717) is 0 Å². The molecular formula is C15H19ClN4. The summed E-state index contributed by atoms with van der Waals surface area (Å²) in [6.07, 6.45) is 3.58. The molecule has 106 valence electrons. The van der Waals surface area contributed by atoms with Crippen molar-refractivity contribution in [1.29, 1.82) is 0 Å². The Morgan fingerprint density at radius 2 is 1.95 bits per heavy atom. The van der Waals surface area contributed by atoms with Gasteiger partial charge in [0.2, 0.25) is 0 Å². The van der Waals surface area contributed by atoms with Gasteiger partial charge in [-0.15, -0.1) is 0 Å². The van der Waals surface area contributed by atoms with Crippen LogP contribution in [0.4, 0.5) is 5.82 Å². The van der Waals surface area contributed by atoms with Crippen molar-refractivity contribution in [1.82, 2.24) is 15.3 Å². The van der Waals surface area contributed by atoms with E-state index in [2.05, 4.69) is 27.1 Å². The summed E-state index contributed by atoms with van der Waals surface area (Å²) >= 11 is 5.89. The highest BCUT2D eigenvalue weighted by Gasteiger charge is 2.05. The number of rotatable bonds is 6. The summed E-state index contributed by atoms with van der Waals surface area (Å²) in [5.74, 6) is 0.871. The van der Waals surface area contributed by atoms with Gasteiger partial charge in [0.1, 0.15) is 5.82 Å². The predicted molar refractivity (Wildman–Crippen MR) is 83.0 cm³/mol. The highest BCUT2D eigenvalue weighted by molar-refractivity contribution is 6.30. The third-order valence-corrected chi connectivity index (χ3v) is 3.20. The van der Waals surface area contributed by atoms with Gasteiger partial charge in [0.05, 0.1) is 11.9 Å². The number of nitrogens with zero attached hydrogens (tertiary/aromatic N) is 3. The van der Waals surface area contributed by atoms with E-state index in [-0.39, 0.29) is 0 Å². The van der Waals surface area contributed by atoms with Gasteiger partial charge in [-0.2, -0.15) is 0 Å². The molecule has 2 aromatic rings. The molecular weight excluding hydrogens is 272 g/mol. The first-order chi connectivity index (χ1) is 9.69. The number of benzene rings is 1. The second-order valence-electron chi connectivity index (χ2n) is 4.63. The topological polar surface area (TPSA) is 41.1 Å². The molecule has 0 amide bonds. The van der Waals surface area contributed by atoms with Crippen molar-refractivity contribution in [3.8, 4) is 0 Å². The molecule has 4 nitrogen and oxygen atoms in total. The maximum absolute atomic E-state index is 5.89. The standard InChI is InChI=1S/C15H19ClN4/c1-3-17-8-14-9-18-10-15(19-14)20(2)11-12-4-6-13(16)7-5-12/h4-7,9-10,17H,3,8,11H2,1-2H3. The molecule has 5 heteroatoms. The number of aromatic nitrogens is 2. The van der Waals surface area contributed by atoms with Gasteiger partial charge >= 0.3 is 0 Å². The van der Waals surface area contributed by atoms with Crippen molar-refractivity contribution in [3.05, 3.63) is 52.9 Å². The lowest BCUT2D eigenvalue weighted by atomic mass is 10.2. The van der Waals surface area contributed by atoms with Crippen LogP contribution in [0.3, 0.4) is 0 Å². The Hall–Kier alpha value is -1.65. The Labute approximate surface area is 124 Å². The summed E-state index contributed by atoms with van der Waals surface area (Å²) in [7, 11) is 2.01. The summed E-state index contributed by atoms with van der Waals surface area (Å²) < 4.78 is 0. The lowest BCUT2D eigenvalue weighted by Gasteiger charge is -2.18. The van der Waals surface area contributed by atoms with E-state index in [1.807, 2.05) is 31.3 Å². The smallest absolute Gasteiger partial charge is 0.147 e. The molecule has 0 aliphatic rings. The minimum Gasteiger partial charge on any atom is -0.354 e. The monoisotopic (exact) mass is 290 g/mol.